The third kappa shape index (κ3) is 3.20. The highest BCUT2D eigenvalue weighted by Gasteiger charge is 2.22. The van der Waals surface area contributed by atoms with Crippen LogP contribution in [0.4, 0.5) is 0 Å². The molecule has 2 rings (SSSR count). The molecule has 0 radical (unpaired) electrons. The molecule has 0 bridgehead atoms. The lowest BCUT2D eigenvalue weighted by Crippen LogP contribution is -2.33. The van der Waals surface area contributed by atoms with E-state index in [1.165, 1.54) is 16.5 Å². The average Bonchev–Trinajstić information content (AvgIpc) is 2.20. The minimum Gasteiger partial charge on any atom is -0.316 e. The Kier molecular flexibility index (Phi) is 5.10. The van der Waals surface area contributed by atoms with E-state index in [0.29, 0.717) is 0 Å². The molecule has 1 aromatic rings. The molecule has 1 aromatic carbocycles. The standard InChI is InChI=1S/C12H16BrN.ClH/c1-9-8-14-7-6-12(9)10-2-4-11(13)5-3-10;/h2-5,9,12,14H,6-8H2,1H3;1H/t9-,12+;/m1./s1. The summed E-state index contributed by atoms with van der Waals surface area (Å²) in [6.07, 6.45) is 1.27. The van der Waals surface area contributed by atoms with Crippen molar-refractivity contribution in [1.82, 2.24) is 5.32 Å². The Bertz CT molecular complexity index is 299. The van der Waals surface area contributed by atoms with Gasteiger partial charge in [-0.25, -0.2) is 0 Å². The van der Waals surface area contributed by atoms with Gasteiger partial charge >= 0.3 is 0 Å². The van der Waals surface area contributed by atoms with E-state index < -0.39 is 0 Å². The van der Waals surface area contributed by atoms with Crippen molar-refractivity contribution >= 4 is 28.3 Å². The maximum Gasteiger partial charge on any atom is 0.0175 e. The Hall–Kier alpha value is -0.0500. The zero-order valence-electron chi connectivity index (χ0n) is 8.87. The van der Waals surface area contributed by atoms with Gasteiger partial charge < -0.3 is 5.32 Å². The quantitative estimate of drug-likeness (QED) is 0.833. The van der Waals surface area contributed by atoms with Gasteiger partial charge in [0.1, 0.15) is 0 Å². The molecule has 15 heavy (non-hydrogen) atoms. The number of rotatable bonds is 1. The highest BCUT2D eigenvalue weighted by molar-refractivity contribution is 9.10. The normalized spacial score (nSPS) is 25.7. The van der Waals surface area contributed by atoms with Gasteiger partial charge in [0.25, 0.3) is 0 Å². The van der Waals surface area contributed by atoms with E-state index in [-0.39, 0.29) is 12.4 Å². The predicted molar refractivity (Wildman–Crippen MR) is 70.8 cm³/mol. The van der Waals surface area contributed by atoms with Gasteiger partial charge in [-0.05, 0) is 49.0 Å². The van der Waals surface area contributed by atoms with E-state index in [2.05, 4.69) is 52.4 Å². The number of piperidine rings is 1. The van der Waals surface area contributed by atoms with Crippen LogP contribution in [0.3, 0.4) is 0 Å². The molecule has 1 fully saturated rings. The number of hydrogen-bond donors (Lipinski definition) is 1. The van der Waals surface area contributed by atoms with Crippen molar-refractivity contribution in [2.24, 2.45) is 5.92 Å². The van der Waals surface area contributed by atoms with Crippen LogP contribution in [0, 0.1) is 5.92 Å². The van der Waals surface area contributed by atoms with Gasteiger partial charge in [0.05, 0.1) is 0 Å². The Morgan fingerprint density at radius 2 is 1.93 bits per heavy atom. The molecule has 1 aliphatic heterocycles. The van der Waals surface area contributed by atoms with E-state index in [4.69, 9.17) is 0 Å². The molecular weight excluding hydrogens is 273 g/mol. The molecule has 0 spiro atoms. The maximum atomic E-state index is 3.47. The van der Waals surface area contributed by atoms with Crippen molar-refractivity contribution in [3.63, 3.8) is 0 Å². The van der Waals surface area contributed by atoms with Gasteiger partial charge in [-0.3, -0.25) is 0 Å². The van der Waals surface area contributed by atoms with Gasteiger partial charge in [0.2, 0.25) is 0 Å². The largest absolute Gasteiger partial charge is 0.316 e. The summed E-state index contributed by atoms with van der Waals surface area (Å²) in [6, 6.07) is 8.78. The summed E-state index contributed by atoms with van der Waals surface area (Å²) in [7, 11) is 0. The van der Waals surface area contributed by atoms with Crippen LogP contribution in [-0.2, 0) is 0 Å². The van der Waals surface area contributed by atoms with Crippen molar-refractivity contribution in [3.8, 4) is 0 Å². The van der Waals surface area contributed by atoms with Gasteiger partial charge in [0.15, 0.2) is 0 Å². The fraction of sp³-hybridized carbons (Fsp3) is 0.500. The summed E-state index contributed by atoms with van der Waals surface area (Å²) >= 11 is 3.47. The fourth-order valence-electron chi connectivity index (χ4n) is 2.22. The molecule has 0 saturated carbocycles. The Labute approximate surface area is 106 Å². The first kappa shape index (κ1) is 13.0. The molecule has 0 aliphatic carbocycles. The number of benzene rings is 1. The van der Waals surface area contributed by atoms with Crippen LogP contribution in [0.15, 0.2) is 28.7 Å². The van der Waals surface area contributed by atoms with E-state index >= 15 is 0 Å². The molecule has 0 aromatic heterocycles. The van der Waals surface area contributed by atoms with Crippen molar-refractivity contribution in [2.75, 3.05) is 13.1 Å². The molecule has 1 heterocycles. The van der Waals surface area contributed by atoms with Crippen molar-refractivity contribution < 1.29 is 0 Å². The van der Waals surface area contributed by atoms with Crippen molar-refractivity contribution in [2.45, 2.75) is 19.3 Å². The smallest absolute Gasteiger partial charge is 0.0175 e. The van der Waals surface area contributed by atoms with E-state index in [0.717, 1.165) is 24.9 Å². The Morgan fingerprint density at radius 3 is 2.53 bits per heavy atom. The second kappa shape index (κ2) is 5.88. The molecular formula is C12H17BrClN. The molecule has 3 heteroatoms. The summed E-state index contributed by atoms with van der Waals surface area (Å²) < 4.78 is 1.17. The summed E-state index contributed by atoms with van der Waals surface area (Å²) in [5.41, 5.74) is 1.49. The summed E-state index contributed by atoms with van der Waals surface area (Å²) in [5, 5.41) is 3.44. The topological polar surface area (TPSA) is 12.0 Å². The van der Waals surface area contributed by atoms with Crippen molar-refractivity contribution in [1.29, 1.82) is 0 Å². The molecule has 1 N–H and O–H groups in total. The summed E-state index contributed by atoms with van der Waals surface area (Å²) in [6.45, 7) is 4.64. The van der Waals surface area contributed by atoms with Crippen LogP contribution in [0.2, 0.25) is 0 Å². The molecule has 0 unspecified atom stereocenters. The highest BCUT2D eigenvalue weighted by Crippen LogP contribution is 2.30. The van der Waals surface area contributed by atoms with Crippen LogP contribution in [0.1, 0.15) is 24.8 Å². The lowest BCUT2D eigenvalue weighted by Gasteiger charge is -2.29. The molecule has 84 valence electrons. The van der Waals surface area contributed by atoms with Gasteiger partial charge in [-0.15, -0.1) is 12.4 Å². The average molecular weight is 291 g/mol. The lowest BCUT2D eigenvalue weighted by molar-refractivity contribution is 0.349. The second-order valence-electron chi connectivity index (χ2n) is 4.13. The molecule has 1 nitrogen and oxygen atoms in total. The zero-order chi connectivity index (χ0) is 9.97. The minimum atomic E-state index is 0. The third-order valence-electron chi connectivity index (χ3n) is 3.08. The minimum absolute atomic E-state index is 0. The van der Waals surface area contributed by atoms with E-state index in [1.54, 1.807) is 0 Å². The Morgan fingerprint density at radius 1 is 1.27 bits per heavy atom. The highest BCUT2D eigenvalue weighted by atomic mass is 79.9. The second-order valence-corrected chi connectivity index (χ2v) is 5.04. The first-order valence-corrected chi connectivity index (χ1v) is 6.03. The van der Waals surface area contributed by atoms with Crippen LogP contribution in [-0.4, -0.2) is 13.1 Å². The summed E-state index contributed by atoms with van der Waals surface area (Å²) in [4.78, 5) is 0. The van der Waals surface area contributed by atoms with E-state index in [1.807, 2.05) is 0 Å². The van der Waals surface area contributed by atoms with E-state index in [9.17, 15) is 0 Å². The predicted octanol–water partition coefficient (Wildman–Crippen LogP) is 3.58. The maximum absolute atomic E-state index is 3.47. The van der Waals surface area contributed by atoms with Crippen LogP contribution in [0.5, 0.6) is 0 Å². The van der Waals surface area contributed by atoms with Gasteiger partial charge in [0, 0.05) is 4.47 Å². The fourth-order valence-corrected chi connectivity index (χ4v) is 2.48. The lowest BCUT2D eigenvalue weighted by atomic mass is 9.82. The molecule has 2 atom stereocenters. The number of hydrogen-bond acceptors (Lipinski definition) is 1. The molecule has 0 amide bonds. The van der Waals surface area contributed by atoms with Gasteiger partial charge in [-0.1, -0.05) is 35.0 Å². The zero-order valence-corrected chi connectivity index (χ0v) is 11.3. The summed E-state index contributed by atoms with van der Waals surface area (Å²) in [5.74, 6) is 1.49. The van der Waals surface area contributed by atoms with Gasteiger partial charge in [-0.2, -0.15) is 0 Å². The SMILES string of the molecule is C[C@@H]1CNCC[C@@H]1c1ccc(Br)cc1.Cl. The third-order valence-corrected chi connectivity index (χ3v) is 3.61. The first-order valence-electron chi connectivity index (χ1n) is 5.23. The first-order chi connectivity index (χ1) is 6.77. The molecule has 1 aliphatic rings. The van der Waals surface area contributed by atoms with Crippen LogP contribution < -0.4 is 5.32 Å². The molecule has 1 saturated heterocycles. The van der Waals surface area contributed by atoms with Crippen molar-refractivity contribution in [3.05, 3.63) is 34.3 Å². The van der Waals surface area contributed by atoms with Crippen LogP contribution >= 0.6 is 28.3 Å². The Balaban J connectivity index is 0.00000112. The number of nitrogens with one attached hydrogen (secondary N) is 1. The van der Waals surface area contributed by atoms with Crippen LogP contribution in [0.25, 0.3) is 0 Å². The monoisotopic (exact) mass is 289 g/mol. The number of halogens is 2.